The molecule has 2 aliphatic heterocycles. The van der Waals surface area contributed by atoms with E-state index in [1.807, 2.05) is 45.0 Å². The Kier molecular flexibility index (Phi) is 12.1. The monoisotopic (exact) mass is 792 g/mol. The minimum Gasteiger partial charge on any atom is -0.458 e. The first-order valence-electron chi connectivity index (χ1n) is 18.3. The molecule has 0 saturated carbocycles. The number of amides is 3. The van der Waals surface area contributed by atoms with Crippen LogP contribution < -0.4 is 10.6 Å². The molecule has 0 bridgehead atoms. The number of fused-ring (bicyclic) bond motifs is 1. The number of thioether (sulfide) groups is 1. The minimum atomic E-state index is -4.56. The molecule has 0 unspecified atom stereocenters. The number of rotatable bonds is 9. The van der Waals surface area contributed by atoms with Crippen molar-refractivity contribution in [1.29, 1.82) is 0 Å². The average molecular weight is 793 g/mol. The lowest BCUT2D eigenvalue weighted by Crippen LogP contribution is -2.56. The van der Waals surface area contributed by atoms with Crippen LogP contribution in [0.1, 0.15) is 77.6 Å². The van der Waals surface area contributed by atoms with Crippen LogP contribution in [0.2, 0.25) is 0 Å². The topological polar surface area (TPSA) is 151 Å². The fourth-order valence-corrected chi connectivity index (χ4v) is 9.25. The van der Waals surface area contributed by atoms with E-state index in [1.165, 1.54) is 28.8 Å². The van der Waals surface area contributed by atoms with Crippen LogP contribution in [0.15, 0.2) is 77.7 Å². The van der Waals surface area contributed by atoms with Gasteiger partial charge in [-0.3, -0.25) is 19.8 Å². The van der Waals surface area contributed by atoms with Gasteiger partial charge in [-0.2, -0.15) is 0 Å². The van der Waals surface area contributed by atoms with Crippen LogP contribution in [0.25, 0.3) is 0 Å². The second kappa shape index (κ2) is 16.0. The number of nitrogens with zero attached hydrogens (tertiary/aromatic N) is 2. The molecule has 0 spiro atoms. The van der Waals surface area contributed by atoms with Gasteiger partial charge in [0.2, 0.25) is 5.91 Å². The highest BCUT2D eigenvalue weighted by Crippen LogP contribution is 2.32. The minimum absolute atomic E-state index is 0.133. The van der Waals surface area contributed by atoms with E-state index in [-0.39, 0.29) is 17.9 Å². The largest absolute Gasteiger partial charge is 0.458 e. The van der Waals surface area contributed by atoms with Crippen molar-refractivity contribution in [3.63, 3.8) is 0 Å². The van der Waals surface area contributed by atoms with E-state index in [2.05, 4.69) is 10.6 Å². The highest BCUT2D eigenvalue weighted by atomic mass is 32.2. The molecule has 5 rings (SSSR count). The molecule has 3 aromatic rings. The van der Waals surface area contributed by atoms with Gasteiger partial charge in [0.05, 0.1) is 11.4 Å². The standard InChI is InChI=1S/C41H52N4O8S2/c1-26-14-20-31(21-15-26)55(50,51)45(36(47)35-43-41(8,9)25-54-35)33(37(48)52-39(2,3)4)22-27-16-18-30(19-17-27)42-34(46)32-23-28-12-10-11-13-29(28)24-44(32)38(49)53-40(5,6)7/h10-21,32-33,35,43H,22-25H2,1-9H3,(H,42,46)/t32-,33-,35-/m0/s1. The molecule has 3 atom stereocenters. The molecule has 0 radical (unpaired) electrons. The van der Waals surface area contributed by atoms with Gasteiger partial charge in [0.25, 0.3) is 15.9 Å². The maximum absolute atomic E-state index is 14.4. The van der Waals surface area contributed by atoms with Gasteiger partial charge in [-0.05, 0) is 103 Å². The molecule has 14 heteroatoms. The fraction of sp³-hybridized carbons (Fsp3) is 0.463. The van der Waals surface area contributed by atoms with E-state index in [1.54, 1.807) is 77.9 Å². The Bertz CT molecular complexity index is 2020. The van der Waals surface area contributed by atoms with Crippen molar-refractivity contribution in [3.8, 4) is 0 Å². The molecule has 12 nitrogen and oxygen atoms in total. The van der Waals surface area contributed by atoms with Crippen LogP contribution in [0, 0.1) is 6.92 Å². The number of ether oxygens (including phenoxy) is 2. The Balaban J connectivity index is 1.44. The number of aryl methyl sites for hydroxylation is 1. The summed E-state index contributed by atoms with van der Waals surface area (Å²) in [5.41, 5.74) is 1.46. The van der Waals surface area contributed by atoms with Crippen molar-refractivity contribution >= 4 is 51.3 Å². The van der Waals surface area contributed by atoms with Crippen LogP contribution >= 0.6 is 11.8 Å². The summed E-state index contributed by atoms with van der Waals surface area (Å²) in [5, 5.41) is 5.19. The predicted molar refractivity (Wildman–Crippen MR) is 213 cm³/mol. The first kappa shape index (κ1) is 41.8. The Hall–Kier alpha value is -4.40. The van der Waals surface area contributed by atoms with Crippen molar-refractivity contribution in [1.82, 2.24) is 14.5 Å². The number of esters is 1. The molecule has 1 saturated heterocycles. The number of sulfonamides is 1. The molecule has 3 aromatic carbocycles. The number of carbonyl (C=O) groups excluding carboxylic acids is 4. The zero-order valence-corrected chi connectivity index (χ0v) is 34.6. The molecule has 1 fully saturated rings. The summed E-state index contributed by atoms with van der Waals surface area (Å²) < 4.78 is 41.0. The van der Waals surface area contributed by atoms with Crippen LogP contribution in [0.3, 0.4) is 0 Å². The molecule has 2 aliphatic rings. The fourth-order valence-electron chi connectivity index (χ4n) is 6.32. The lowest BCUT2D eigenvalue weighted by atomic mass is 9.93. The van der Waals surface area contributed by atoms with Gasteiger partial charge in [-0.15, -0.1) is 11.8 Å². The van der Waals surface area contributed by atoms with Crippen LogP contribution in [0.5, 0.6) is 0 Å². The number of carbonyl (C=O) groups is 4. The molecule has 55 heavy (non-hydrogen) atoms. The summed E-state index contributed by atoms with van der Waals surface area (Å²) in [4.78, 5) is 56.8. The summed E-state index contributed by atoms with van der Waals surface area (Å²) in [7, 11) is -4.56. The molecule has 2 heterocycles. The second-order valence-corrected chi connectivity index (χ2v) is 19.6. The maximum atomic E-state index is 14.4. The summed E-state index contributed by atoms with van der Waals surface area (Å²) in [6, 6.07) is 17.9. The smallest absolute Gasteiger partial charge is 0.411 e. The number of anilines is 1. The molecule has 0 aromatic heterocycles. The molecular weight excluding hydrogens is 741 g/mol. The lowest BCUT2D eigenvalue weighted by molar-refractivity contribution is -0.161. The Morgan fingerprint density at radius 1 is 0.909 bits per heavy atom. The van der Waals surface area contributed by atoms with Gasteiger partial charge in [0, 0.05) is 29.8 Å². The Morgan fingerprint density at radius 3 is 2.07 bits per heavy atom. The Labute approximate surface area is 328 Å². The summed E-state index contributed by atoms with van der Waals surface area (Å²) >= 11 is 1.28. The molecular formula is C41H52N4O8S2. The van der Waals surface area contributed by atoms with Gasteiger partial charge < -0.3 is 14.8 Å². The van der Waals surface area contributed by atoms with Crippen LogP contribution in [0.4, 0.5) is 10.5 Å². The van der Waals surface area contributed by atoms with Gasteiger partial charge in [-0.1, -0.05) is 54.1 Å². The number of benzene rings is 3. The van der Waals surface area contributed by atoms with E-state index in [9.17, 15) is 27.6 Å². The van der Waals surface area contributed by atoms with E-state index >= 15 is 0 Å². The maximum Gasteiger partial charge on any atom is 0.411 e. The van der Waals surface area contributed by atoms with Crippen LogP contribution in [-0.4, -0.2) is 81.5 Å². The first-order valence-corrected chi connectivity index (χ1v) is 20.8. The van der Waals surface area contributed by atoms with Crippen molar-refractivity contribution in [2.24, 2.45) is 0 Å². The average Bonchev–Trinajstić information content (AvgIpc) is 3.46. The van der Waals surface area contributed by atoms with Crippen molar-refractivity contribution in [2.45, 2.75) is 121 Å². The zero-order valence-electron chi connectivity index (χ0n) is 33.0. The van der Waals surface area contributed by atoms with Gasteiger partial charge in [0.1, 0.15) is 28.7 Å². The third-order valence-electron chi connectivity index (χ3n) is 8.94. The summed E-state index contributed by atoms with van der Waals surface area (Å²) in [6.07, 6.45) is -0.506. The quantitative estimate of drug-likeness (QED) is 0.240. The third-order valence-corrected chi connectivity index (χ3v) is 12.3. The van der Waals surface area contributed by atoms with E-state index in [0.717, 1.165) is 16.7 Å². The SMILES string of the molecule is Cc1ccc(S(=O)(=O)N(C(=O)[C@H]2NC(C)(C)CS2)[C@@H](Cc2ccc(NC(=O)[C@@H]3Cc4ccccc4CN3C(=O)OC(C)(C)C)cc2)C(=O)OC(C)(C)C)cc1. The zero-order chi connectivity index (χ0) is 40.5. The number of nitrogens with one attached hydrogen (secondary N) is 2. The molecule has 296 valence electrons. The normalized spacial score (nSPS) is 18.8. The summed E-state index contributed by atoms with van der Waals surface area (Å²) in [5.74, 6) is -1.52. The van der Waals surface area contributed by atoms with E-state index < -0.39 is 68.1 Å². The molecule has 3 amide bonds. The van der Waals surface area contributed by atoms with Crippen molar-refractivity contribution in [2.75, 3.05) is 11.1 Å². The first-order chi connectivity index (χ1) is 25.5. The summed E-state index contributed by atoms with van der Waals surface area (Å²) in [6.45, 7) is 16.2. The van der Waals surface area contributed by atoms with Gasteiger partial charge in [0.15, 0.2) is 0 Å². The van der Waals surface area contributed by atoms with E-state index in [4.69, 9.17) is 9.47 Å². The lowest BCUT2D eigenvalue weighted by Gasteiger charge is -2.36. The molecule has 0 aliphatic carbocycles. The highest BCUT2D eigenvalue weighted by Gasteiger charge is 2.47. The second-order valence-electron chi connectivity index (χ2n) is 16.7. The number of hydrogen-bond donors (Lipinski definition) is 2. The number of hydrogen-bond acceptors (Lipinski definition) is 10. The van der Waals surface area contributed by atoms with E-state index in [0.29, 0.717) is 27.7 Å². The van der Waals surface area contributed by atoms with Gasteiger partial charge >= 0.3 is 12.1 Å². The predicted octanol–water partition coefficient (Wildman–Crippen LogP) is 6.21. The molecule has 2 N–H and O–H groups in total. The van der Waals surface area contributed by atoms with Gasteiger partial charge in [-0.25, -0.2) is 22.3 Å². The Morgan fingerprint density at radius 2 is 1.51 bits per heavy atom. The highest BCUT2D eigenvalue weighted by molar-refractivity contribution is 8.01. The third kappa shape index (κ3) is 10.5. The van der Waals surface area contributed by atoms with Crippen molar-refractivity contribution in [3.05, 3.63) is 95.1 Å². The van der Waals surface area contributed by atoms with Crippen molar-refractivity contribution < 1.29 is 37.1 Å². The van der Waals surface area contributed by atoms with Crippen LogP contribution in [-0.2, 0) is 53.3 Å².